The lowest BCUT2D eigenvalue weighted by atomic mass is 9.93. The zero-order valence-electron chi connectivity index (χ0n) is 12.0. The van der Waals surface area contributed by atoms with Gasteiger partial charge in [-0.3, -0.25) is 0 Å². The number of hydrogen-bond donors (Lipinski definition) is 1. The quantitative estimate of drug-likeness (QED) is 0.842. The van der Waals surface area contributed by atoms with E-state index < -0.39 is 0 Å². The van der Waals surface area contributed by atoms with Crippen LogP contribution < -0.4 is 20.1 Å². The van der Waals surface area contributed by atoms with Crippen molar-refractivity contribution in [2.24, 2.45) is 11.1 Å². The van der Waals surface area contributed by atoms with Crippen LogP contribution in [0.15, 0.2) is 18.2 Å². The van der Waals surface area contributed by atoms with Crippen molar-refractivity contribution < 1.29 is 9.47 Å². The maximum absolute atomic E-state index is 5.76. The van der Waals surface area contributed by atoms with Crippen LogP contribution in [-0.2, 0) is 0 Å². The van der Waals surface area contributed by atoms with Crippen molar-refractivity contribution in [1.82, 2.24) is 0 Å². The number of anilines is 1. The van der Waals surface area contributed by atoms with Crippen molar-refractivity contribution in [3.8, 4) is 11.5 Å². The van der Waals surface area contributed by atoms with E-state index in [1.807, 2.05) is 18.2 Å². The third kappa shape index (κ3) is 3.53. The van der Waals surface area contributed by atoms with Gasteiger partial charge in [0.2, 0.25) is 0 Å². The van der Waals surface area contributed by atoms with Gasteiger partial charge in [-0.2, -0.15) is 0 Å². The molecule has 1 rings (SSSR count). The minimum Gasteiger partial charge on any atom is -0.493 e. The Labute approximate surface area is 110 Å². The predicted molar refractivity (Wildman–Crippen MR) is 75.7 cm³/mol. The molecule has 0 heterocycles. The van der Waals surface area contributed by atoms with Gasteiger partial charge in [0, 0.05) is 25.3 Å². The van der Waals surface area contributed by atoms with Gasteiger partial charge in [-0.05, 0) is 24.1 Å². The molecule has 0 bridgehead atoms. The van der Waals surface area contributed by atoms with Gasteiger partial charge in [-0.15, -0.1) is 0 Å². The molecule has 0 saturated heterocycles. The molecule has 0 amide bonds. The molecule has 1 aromatic rings. The smallest absolute Gasteiger partial charge is 0.162 e. The molecule has 0 unspecified atom stereocenters. The van der Waals surface area contributed by atoms with Gasteiger partial charge < -0.3 is 20.1 Å². The van der Waals surface area contributed by atoms with Crippen molar-refractivity contribution in [1.29, 1.82) is 0 Å². The Morgan fingerprint density at radius 2 is 1.78 bits per heavy atom. The summed E-state index contributed by atoms with van der Waals surface area (Å²) in [5, 5.41) is 0. The van der Waals surface area contributed by atoms with Crippen LogP contribution in [0, 0.1) is 5.41 Å². The Hall–Kier alpha value is -1.42. The first-order valence-corrected chi connectivity index (χ1v) is 6.07. The SMILES string of the molecule is COc1ccc(N(C)CC(C)(C)CN)cc1OC. The molecule has 0 spiro atoms. The first-order chi connectivity index (χ1) is 8.43. The van der Waals surface area contributed by atoms with Crippen molar-refractivity contribution in [2.45, 2.75) is 13.8 Å². The molecular weight excluding hydrogens is 228 g/mol. The fourth-order valence-electron chi connectivity index (χ4n) is 1.86. The van der Waals surface area contributed by atoms with Gasteiger partial charge in [0.05, 0.1) is 14.2 Å². The van der Waals surface area contributed by atoms with E-state index in [1.54, 1.807) is 14.2 Å². The van der Waals surface area contributed by atoms with Crippen molar-refractivity contribution in [2.75, 3.05) is 39.3 Å². The lowest BCUT2D eigenvalue weighted by Crippen LogP contribution is -2.36. The van der Waals surface area contributed by atoms with Crippen LogP contribution in [-0.4, -0.2) is 34.4 Å². The van der Waals surface area contributed by atoms with E-state index in [0.717, 1.165) is 23.7 Å². The fourth-order valence-corrected chi connectivity index (χ4v) is 1.86. The molecule has 0 aromatic heterocycles. The van der Waals surface area contributed by atoms with Crippen LogP contribution in [0.4, 0.5) is 5.69 Å². The normalized spacial score (nSPS) is 11.2. The van der Waals surface area contributed by atoms with Gasteiger partial charge in [0.1, 0.15) is 0 Å². The van der Waals surface area contributed by atoms with Crippen molar-refractivity contribution in [3.63, 3.8) is 0 Å². The molecule has 0 aliphatic carbocycles. The Kier molecular flexibility index (Phi) is 4.84. The summed E-state index contributed by atoms with van der Waals surface area (Å²) in [5.74, 6) is 1.49. The molecule has 0 aliphatic rings. The largest absolute Gasteiger partial charge is 0.493 e. The third-order valence-electron chi connectivity index (χ3n) is 3.03. The van der Waals surface area contributed by atoms with Gasteiger partial charge in [0.25, 0.3) is 0 Å². The number of nitrogens with two attached hydrogens (primary N) is 1. The Bertz CT molecular complexity index is 391. The molecule has 0 atom stereocenters. The number of ether oxygens (including phenoxy) is 2. The van der Waals surface area contributed by atoms with E-state index >= 15 is 0 Å². The average molecular weight is 252 g/mol. The van der Waals surface area contributed by atoms with Crippen molar-refractivity contribution in [3.05, 3.63) is 18.2 Å². The molecular formula is C14H24N2O2. The summed E-state index contributed by atoms with van der Waals surface area (Å²) in [7, 11) is 5.34. The van der Waals surface area contributed by atoms with Crippen LogP contribution in [0.5, 0.6) is 11.5 Å². The molecule has 4 nitrogen and oxygen atoms in total. The predicted octanol–water partition coefficient (Wildman–Crippen LogP) is 2.12. The topological polar surface area (TPSA) is 47.7 Å². The number of methoxy groups -OCH3 is 2. The van der Waals surface area contributed by atoms with E-state index in [-0.39, 0.29) is 5.41 Å². The second-order valence-corrected chi connectivity index (χ2v) is 5.26. The molecule has 2 N–H and O–H groups in total. The van der Waals surface area contributed by atoms with E-state index in [4.69, 9.17) is 15.2 Å². The molecule has 18 heavy (non-hydrogen) atoms. The summed E-state index contributed by atoms with van der Waals surface area (Å²) < 4.78 is 10.5. The molecule has 0 fully saturated rings. The number of rotatable bonds is 6. The van der Waals surface area contributed by atoms with Gasteiger partial charge in [-0.25, -0.2) is 0 Å². The first kappa shape index (κ1) is 14.6. The molecule has 4 heteroatoms. The Morgan fingerprint density at radius 1 is 1.17 bits per heavy atom. The minimum atomic E-state index is 0.0852. The summed E-state index contributed by atoms with van der Waals surface area (Å²) in [6, 6.07) is 5.92. The summed E-state index contributed by atoms with van der Waals surface area (Å²) in [5.41, 5.74) is 6.94. The molecule has 1 aromatic carbocycles. The Balaban J connectivity index is 2.90. The van der Waals surface area contributed by atoms with E-state index in [9.17, 15) is 0 Å². The highest BCUT2D eigenvalue weighted by molar-refractivity contribution is 5.56. The van der Waals surface area contributed by atoms with Crippen LogP contribution in [0.3, 0.4) is 0 Å². The summed E-state index contributed by atoms with van der Waals surface area (Å²) in [4.78, 5) is 2.18. The number of hydrogen-bond acceptors (Lipinski definition) is 4. The van der Waals surface area contributed by atoms with E-state index in [0.29, 0.717) is 6.54 Å². The summed E-state index contributed by atoms with van der Waals surface area (Å²) >= 11 is 0. The lowest BCUT2D eigenvalue weighted by Gasteiger charge is -2.30. The van der Waals surface area contributed by atoms with Gasteiger partial charge in [-0.1, -0.05) is 13.8 Å². The lowest BCUT2D eigenvalue weighted by molar-refractivity contribution is 0.354. The van der Waals surface area contributed by atoms with Crippen molar-refractivity contribution >= 4 is 5.69 Å². The molecule has 102 valence electrons. The van der Waals surface area contributed by atoms with Crippen LogP contribution in [0.25, 0.3) is 0 Å². The second-order valence-electron chi connectivity index (χ2n) is 5.26. The molecule has 0 aliphatic heterocycles. The standard InChI is InChI=1S/C14H24N2O2/c1-14(2,9-15)10-16(3)11-6-7-12(17-4)13(8-11)18-5/h6-8H,9-10,15H2,1-5H3. The van der Waals surface area contributed by atoms with Crippen LogP contribution in [0.1, 0.15) is 13.8 Å². The Morgan fingerprint density at radius 3 is 2.28 bits per heavy atom. The highest BCUT2D eigenvalue weighted by atomic mass is 16.5. The molecule has 0 saturated carbocycles. The highest BCUT2D eigenvalue weighted by Crippen LogP contribution is 2.31. The number of nitrogens with zero attached hydrogens (tertiary/aromatic N) is 1. The summed E-state index contributed by atoms with van der Waals surface area (Å²) in [6.45, 7) is 5.86. The van der Waals surface area contributed by atoms with Gasteiger partial charge >= 0.3 is 0 Å². The second kappa shape index (κ2) is 5.96. The minimum absolute atomic E-state index is 0.0852. The van der Waals surface area contributed by atoms with Crippen LogP contribution >= 0.6 is 0 Å². The van der Waals surface area contributed by atoms with Crippen LogP contribution in [0.2, 0.25) is 0 Å². The maximum Gasteiger partial charge on any atom is 0.162 e. The monoisotopic (exact) mass is 252 g/mol. The average Bonchev–Trinajstić information content (AvgIpc) is 2.37. The molecule has 0 radical (unpaired) electrons. The van der Waals surface area contributed by atoms with E-state index in [2.05, 4.69) is 25.8 Å². The van der Waals surface area contributed by atoms with Gasteiger partial charge in [0.15, 0.2) is 11.5 Å². The highest BCUT2D eigenvalue weighted by Gasteiger charge is 2.19. The zero-order valence-corrected chi connectivity index (χ0v) is 12.0. The summed E-state index contributed by atoms with van der Waals surface area (Å²) in [6.07, 6.45) is 0. The maximum atomic E-state index is 5.76. The number of benzene rings is 1. The zero-order chi connectivity index (χ0) is 13.8. The third-order valence-corrected chi connectivity index (χ3v) is 3.03. The van der Waals surface area contributed by atoms with E-state index in [1.165, 1.54) is 0 Å². The fraction of sp³-hybridized carbons (Fsp3) is 0.571. The first-order valence-electron chi connectivity index (χ1n) is 6.07.